The molecule has 0 unspecified atom stereocenters. The molecule has 1 amide bonds. The molecule has 3 aromatic rings. The largest absolute Gasteiger partial charge is 0.341 e. The van der Waals surface area contributed by atoms with Crippen molar-refractivity contribution in [2.45, 2.75) is 43.5 Å². The number of rotatable bonds is 7. The maximum atomic E-state index is 13.2. The first-order valence-corrected chi connectivity index (χ1v) is 13.3. The van der Waals surface area contributed by atoms with Crippen LogP contribution in [0.15, 0.2) is 63.0 Å². The average Bonchev–Trinajstić information content (AvgIpc) is 3.15. The van der Waals surface area contributed by atoms with E-state index in [0.29, 0.717) is 25.0 Å². The van der Waals surface area contributed by atoms with E-state index in [1.54, 1.807) is 4.90 Å². The van der Waals surface area contributed by atoms with Crippen molar-refractivity contribution in [2.75, 3.05) is 19.6 Å². The van der Waals surface area contributed by atoms with Crippen molar-refractivity contribution in [1.82, 2.24) is 18.8 Å². The molecule has 2 heterocycles. The lowest BCUT2D eigenvalue weighted by Gasteiger charge is -2.21. The van der Waals surface area contributed by atoms with Gasteiger partial charge in [0.05, 0.1) is 15.8 Å². The van der Waals surface area contributed by atoms with E-state index in [1.807, 2.05) is 30.3 Å². The Morgan fingerprint density at radius 3 is 2.34 bits per heavy atom. The highest BCUT2D eigenvalue weighted by Gasteiger charge is 2.21. The van der Waals surface area contributed by atoms with Crippen molar-refractivity contribution in [3.8, 4) is 0 Å². The van der Waals surface area contributed by atoms with Gasteiger partial charge in [-0.2, -0.15) is 0 Å². The molecule has 1 aliphatic heterocycles. The van der Waals surface area contributed by atoms with Crippen molar-refractivity contribution >= 4 is 26.8 Å². The summed E-state index contributed by atoms with van der Waals surface area (Å²) in [6.07, 6.45) is 4.42. The number of aromatic nitrogens is 2. The topological polar surface area (TPSA) is 110 Å². The van der Waals surface area contributed by atoms with Crippen LogP contribution in [0.2, 0.25) is 0 Å². The van der Waals surface area contributed by atoms with E-state index in [4.69, 9.17) is 0 Å². The highest BCUT2D eigenvalue weighted by molar-refractivity contribution is 7.89. The molecule has 0 bridgehead atoms. The zero-order valence-corrected chi connectivity index (χ0v) is 20.6. The summed E-state index contributed by atoms with van der Waals surface area (Å²) in [6, 6.07) is 13.6. The summed E-state index contributed by atoms with van der Waals surface area (Å²) in [5.74, 6) is -0.281. The van der Waals surface area contributed by atoms with Crippen molar-refractivity contribution in [3.05, 3.63) is 74.9 Å². The van der Waals surface area contributed by atoms with Crippen LogP contribution < -0.4 is 16.0 Å². The highest BCUT2D eigenvalue weighted by atomic mass is 32.2. The van der Waals surface area contributed by atoms with Gasteiger partial charge >= 0.3 is 5.69 Å². The van der Waals surface area contributed by atoms with Crippen LogP contribution in [0.5, 0.6) is 0 Å². The molecule has 0 spiro atoms. The van der Waals surface area contributed by atoms with Crippen molar-refractivity contribution in [3.63, 3.8) is 0 Å². The van der Waals surface area contributed by atoms with Gasteiger partial charge in [0.1, 0.15) is 6.54 Å². The summed E-state index contributed by atoms with van der Waals surface area (Å²) in [5, 5.41) is 0.0710. The quantitative estimate of drug-likeness (QED) is 0.532. The molecular weight excluding hydrogens is 468 g/mol. The summed E-state index contributed by atoms with van der Waals surface area (Å²) >= 11 is 0. The molecule has 35 heavy (non-hydrogen) atoms. The van der Waals surface area contributed by atoms with E-state index in [2.05, 4.69) is 4.72 Å². The number of hydrogen-bond donors (Lipinski definition) is 1. The summed E-state index contributed by atoms with van der Waals surface area (Å²) in [7, 11) is -2.38. The van der Waals surface area contributed by atoms with Gasteiger partial charge in [-0.3, -0.25) is 18.7 Å². The van der Waals surface area contributed by atoms with Gasteiger partial charge in [0, 0.05) is 26.7 Å². The third-order valence-corrected chi connectivity index (χ3v) is 7.89. The minimum Gasteiger partial charge on any atom is -0.341 e. The average molecular weight is 499 g/mol. The summed E-state index contributed by atoms with van der Waals surface area (Å²) in [4.78, 5) is 40.6. The molecule has 186 valence electrons. The SMILES string of the molecule is Cn1c(=O)n(CC(=O)N2CCCCCC2)c(=O)c2cc(S(=O)(=O)NCCc3ccccc3)ccc21. The maximum absolute atomic E-state index is 13.2. The van der Waals surface area contributed by atoms with Crippen LogP contribution in [-0.4, -0.2) is 48.0 Å². The van der Waals surface area contributed by atoms with Crippen molar-refractivity contribution in [1.29, 1.82) is 0 Å². The molecule has 9 nitrogen and oxygen atoms in total. The number of nitrogens with zero attached hydrogens (tertiary/aromatic N) is 3. The number of amides is 1. The van der Waals surface area contributed by atoms with E-state index >= 15 is 0 Å². The summed E-state index contributed by atoms with van der Waals surface area (Å²) in [5.41, 5.74) is 0.0252. The third kappa shape index (κ3) is 5.54. The number of nitrogens with one attached hydrogen (secondary N) is 1. The molecule has 1 aromatic heterocycles. The Bertz CT molecular complexity index is 1440. The van der Waals surface area contributed by atoms with Gasteiger partial charge in [-0.1, -0.05) is 43.2 Å². The van der Waals surface area contributed by atoms with Gasteiger partial charge in [-0.05, 0) is 43.0 Å². The minimum atomic E-state index is -3.88. The van der Waals surface area contributed by atoms with E-state index in [0.717, 1.165) is 35.8 Å². The molecular formula is C25H30N4O5S. The molecule has 10 heteroatoms. The van der Waals surface area contributed by atoms with Crippen molar-refractivity contribution < 1.29 is 13.2 Å². The first-order valence-electron chi connectivity index (χ1n) is 11.8. The van der Waals surface area contributed by atoms with Gasteiger partial charge in [-0.15, -0.1) is 0 Å². The predicted octanol–water partition coefficient (Wildman–Crippen LogP) is 1.62. The van der Waals surface area contributed by atoms with Gasteiger partial charge in [-0.25, -0.2) is 17.9 Å². The Morgan fingerprint density at radius 2 is 1.66 bits per heavy atom. The lowest BCUT2D eigenvalue weighted by atomic mass is 10.2. The minimum absolute atomic E-state index is 0.0702. The van der Waals surface area contributed by atoms with Gasteiger partial charge in [0.2, 0.25) is 15.9 Å². The lowest BCUT2D eigenvalue weighted by molar-refractivity contribution is -0.131. The molecule has 1 saturated heterocycles. The summed E-state index contributed by atoms with van der Waals surface area (Å²) in [6.45, 7) is 1.05. The van der Waals surface area contributed by atoms with E-state index in [1.165, 1.54) is 29.8 Å². The second-order valence-electron chi connectivity index (χ2n) is 8.84. The Balaban J connectivity index is 1.61. The first kappa shape index (κ1) is 24.9. The predicted molar refractivity (Wildman–Crippen MR) is 134 cm³/mol. The van der Waals surface area contributed by atoms with E-state index in [-0.39, 0.29) is 29.3 Å². The number of carbonyl (C=O) groups excluding carboxylic acids is 1. The fraction of sp³-hybridized carbons (Fsp3) is 0.400. The Morgan fingerprint density at radius 1 is 0.971 bits per heavy atom. The standard InChI is InChI=1S/C25H30N4O5S/c1-27-22-12-11-20(35(33,34)26-14-13-19-9-5-4-6-10-19)17-21(22)24(31)29(25(27)32)18-23(30)28-15-7-2-3-8-16-28/h4-6,9-12,17,26H,2-3,7-8,13-16,18H2,1H3. The second kappa shape index (κ2) is 10.6. The zero-order valence-electron chi connectivity index (χ0n) is 19.8. The molecule has 0 atom stereocenters. The van der Waals surface area contributed by atoms with Crippen LogP contribution in [0.25, 0.3) is 10.9 Å². The smallest absolute Gasteiger partial charge is 0.331 e. The number of benzene rings is 2. The normalized spacial score (nSPS) is 14.7. The maximum Gasteiger partial charge on any atom is 0.331 e. The number of fused-ring (bicyclic) bond motifs is 1. The lowest BCUT2D eigenvalue weighted by Crippen LogP contribution is -2.44. The Labute approximate surface area is 204 Å². The number of sulfonamides is 1. The molecule has 4 rings (SSSR count). The third-order valence-electron chi connectivity index (χ3n) is 6.43. The fourth-order valence-electron chi connectivity index (χ4n) is 4.41. The van der Waals surface area contributed by atoms with E-state index in [9.17, 15) is 22.8 Å². The molecule has 0 aliphatic carbocycles. The molecule has 1 aliphatic rings. The fourth-order valence-corrected chi connectivity index (χ4v) is 5.47. The monoisotopic (exact) mass is 498 g/mol. The van der Waals surface area contributed by atoms with Crippen LogP contribution >= 0.6 is 0 Å². The summed E-state index contributed by atoms with van der Waals surface area (Å²) < 4.78 is 30.5. The number of hydrogen-bond acceptors (Lipinski definition) is 5. The zero-order chi connectivity index (χ0) is 25.0. The van der Waals surface area contributed by atoms with Crippen LogP contribution in [0.4, 0.5) is 0 Å². The van der Waals surface area contributed by atoms with E-state index < -0.39 is 21.3 Å². The van der Waals surface area contributed by atoms with Crippen LogP contribution in [-0.2, 0) is 34.8 Å². The Hall–Kier alpha value is -3.24. The highest BCUT2D eigenvalue weighted by Crippen LogP contribution is 2.16. The van der Waals surface area contributed by atoms with Gasteiger partial charge in [0.25, 0.3) is 5.56 Å². The number of carbonyl (C=O) groups is 1. The van der Waals surface area contributed by atoms with Crippen LogP contribution in [0, 0.1) is 0 Å². The molecule has 2 aromatic carbocycles. The second-order valence-corrected chi connectivity index (χ2v) is 10.6. The molecule has 1 N–H and O–H groups in total. The van der Waals surface area contributed by atoms with Gasteiger partial charge < -0.3 is 4.90 Å². The first-order chi connectivity index (χ1) is 16.8. The van der Waals surface area contributed by atoms with Crippen LogP contribution in [0.3, 0.4) is 0 Å². The number of aryl methyl sites for hydroxylation is 1. The molecule has 0 radical (unpaired) electrons. The molecule has 0 saturated carbocycles. The van der Waals surface area contributed by atoms with Crippen molar-refractivity contribution in [2.24, 2.45) is 7.05 Å². The Kier molecular flexibility index (Phi) is 7.51. The van der Waals surface area contributed by atoms with Gasteiger partial charge in [0.15, 0.2) is 0 Å². The molecule has 1 fully saturated rings. The number of likely N-dealkylation sites (tertiary alicyclic amines) is 1. The van der Waals surface area contributed by atoms with Crippen LogP contribution in [0.1, 0.15) is 31.2 Å².